The van der Waals surface area contributed by atoms with E-state index in [1.807, 2.05) is 6.92 Å². The van der Waals surface area contributed by atoms with Crippen molar-refractivity contribution < 1.29 is 19.1 Å². The molecule has 104 valence electrons. The summed E-state index contributed by atoms with van der Waals surface area (Å²) in [5.41, 5.74) is 0. The predicted octanol–water partition coefficient (Wildman–Crippen LogP) is 1.21. The first-order valence-corrected chi connectivity index (χ1v) is 6.71. The van der Waals surface area contributed by atoms with Crippen LogP contribution in [0.15, 0.2) is 0 Å². The van der Waals surface area contributed by atoms with Crippen LogP contribution in [0, 0.1) is 5.92 Å². The van der Waals surface area contributed by atoms with E-state index in [0.717, 1.165) is 19.4 Å². The molecule has 0 aromatic heterocycles. The summed E-state index contributed by atoms with van der Waals surface area (Å²) in [6, 6.07) is 0. The van der Waals surface area contributed by atoms with Gasteiger partial charge in [0.2, 0.25) is 5.91 Å². The number of piperidine rings is 1. The number of nitrogens with zero attached hydrogens (tertiary/aromatic N) is 1. The third-order valence-corrected chi connectivity index (χ3v) is 3.06. The maximum Gasteiger partial charge on any atom is 0.310 e. The number of carbonyl (C=O) groups excluding carboxylic acids is 2. The fourth-order valence-corrected chi connectivity index (χ4v) is 2.12. The number of ether oxygens (including phenoxy) is 2. The first kappa shape index (κ1) is 15.0. The zero-order valence-corrected chi connectivity index (χ0v) is 11.3. The summed E-state index contributed by atoms with van der Waals surface area (Å²) in [4.78, 5) is 25.3. The Hall–Kier alpha value is -1.10. The van der Waals surface area contributed by atoms with Crippen molar-refractivity contribution in [2.45, 2.75) is 33.1 Å². The average molecular weight is 257 g/mol. The van der Waals surface area contributed by atoms with Gasteiger partial charge in [-0.15, -0.1) is 0 Å². The molecule has 0 N–H and O–H groups in total. The highest BCUT2D eigenvalue weighted by Gasteiger charge is 2.28. The first-order chi connectivity index (χ1) is 8.69. The van der Waals surface area contributed by atoms with E-state index in [9.17, 15) is 9.59 Å². The highest BCUT2D eigenvalue weighted by atomic mass is 16.5. The third kappa shape index (κ3) is 4.64. The Kier molecular flexibility index (Phi) is 6.72. The molecule has 0 radical (unpaired) electrons. The van der Waals surface area contributed by atoms with Gasteiger partial charge in [-0.05, 0) is 26.7 Å². The van der Waals surface area contributed by atoms with Gasteiger partial charge in [0, 0.05) is 19.7 Å². The van der Waals surface area contributed by atoms with E-state index >= 15 is 0 Å². The largest absolute Gasteiger partial charge is 0.466 e. The Morgan fingerprint density at radius 1 is 1.28 bits per heavy atom. The molecule has 1 fully saturated rings. The predicted molar refractivity (Wildman–Crippen MR) is 67.0 cm³/mol. The normalized spacial score (nSPS) is 19.7. The Balaban J connectivity index is 2.38. The summed E-state index contributed by atoms with van der Waals surface area (Å²) in [7, 11) is 0. The molecule has 0 aromatic carbocycles. The molecule has 1 atom stereocenters. The van der Waals surface area contributed by atoms with Gasteiger partial charge in [-0.3, -0.25) is 9.59 Å². The highest BCUT2D eigenvalue weighted by molar-refractivity contribution is 5.78. The lowest BCUT2D eigenvalue weighted by molar-refractivity contribution is -0.151. The van der Waals surface area contributed by atoms with E-state index in [1.165, 1.54) is 0 Å². The van der Waals surface area contributed by atoms with Crippen LogP contribution in [0.5, 0.6) is 0 Å². The van der Waals surface area contributed by atoms with Crippen LogP contribution in [0.3, 0.4) is 0 Å². The second-order valence-electron chi connectivity index (χ2n) is 4.38. The van der Waals surface area contributed by atoms with Gasteiger partial charge in [0.1, 0.15) is 0 Å². The van der Waals surface area contributed by atoms with Crippen LogP contribution < -0.4 is 0 Å². The molecule has 1 aliphatic heterocycles. The van der Waals surface area contributed by atoms with Crippen LogP contribution in [0.25, 0.3) is 0 Å². The van der Waals surface area contributed by atoms with Crippen LogP contribution in [0.1, 0.15) is 33.1 Å². The molecule has 1 rings (SSSR count). The summed E-state index contributed by atoms with van der Waals surface area (Å²) in [5.74, 6) is -0.271. The third-order valence-electron chi connectivity index (χ3n) is 3.06. The average Bonchev–Trinajstić information content (AvgIpc) is 2.39. The molecule has 5 heteroatoms. The number of hydrogen-bond donors (Lipinski definition) is 0. The minimum Gasteiger partial charge on any atom is -0.466 e. The van der Waals surface area contributed by atoms with Gasteiger partial charge in [-0.25, -0.2) is 0 Å². The molecule has 0 aliphatic carbocycles. The molecule has 1 heterocycles. The molecule has 0 unspecified atom stereocenters. The minimum absolute atomic E-state index is 0.0671. The number of hydrogen-bond acceptors (Lipinski definition) is 4. The number of likely N-dealkylation sites (tertiary alicyclic amines) is 1. The summed E-state index contributed by atoms with van der Waals surface area (Å²) in [6.45, 7) is 6.40. The quantitative estimate of drug-likeness (QED) is 0.530. The number of rotatable bonds is 6. The topological polar surface area (TPSA) is 55.8 Å². The van der Waals surface area contributed by atoms with Crippen molar-refractivity contribution in [1.29, 1.82) is 0 Å². The van der Waals surface area contributed by atoms with Crippen molar-refractivity contribution in [2.24, 2.45) is 5.92 Å². The van der Waals surface area contributed by atoms with Gasteiger partial charge < -0.3 is 14.4 Å². The number of carbonyl (C=O) groups is 2. The highest BCUT2D eigenvalue weighted by Crippen LogP contribution is 2.18. The first-order valence-electron chi connectivity index (χ1n) is 6.71. The molecule has 1 aliphatic rings. The second kappa shape index (κ2) is 8.08. The number of amides is 1. The van der Waals surface area contributed by atoms with Crippen LogP contribution >= 0.6 is 0 Å². The Morgan fingerprint density at radius 2 is 2.06 bits per heavy atom. The van der Waals surface area contributed by atoms with Crippen molar-refractivity contribution in [3.05, 3.63) is 0 Å². The second-order valence-corrected chi connectivity index (χ2v) is 4.38. The standard InChI is InChI=1S/C13H23NO4/c1-3-17-9-7-12(15)14-8-5-6-11(10-14)13(16)18-4-2/h11H,3-10H2,1-2H3/t11-/m1/s1. The Bertz CT molecular complexity index is 280. The van der Waals surface area contributed by atoms with Gasteiger partial charge in [0.05, 0.1) is 25.6 Å². The van der Waals surface area contributed by atoms with Crippen molar-refractivity contribution in [3.63, 3.8) is 0 Å². The zero-order chi connectivity index (χ0) is 13.4. The summed E-state index contributed by atoms with van der Waals surface area (Å²) < 4.78 is 10.2. The maximum atomic E-state index is 11.9. The van der Waals surface area contributed by atoms with Crippen LogP contribution in [0.2, 0.25) is 0 Å². The fourth-order valence-electron chi connectivity index (χ4n) is 2.12. The molecule has 0 aromatic rings. The summed E-state index contributed by atoms with van der Waals surface area (Å²) in [5, 5.41) is 0. The molecule has 0 spiro atoms. The monoisotopic (exact) mass is 257 g/mol. The maximum absolute atomic E-state index is 11.9. The van der Waals surface area contributed by atoms with E-state index in [-0.39, 0.29) is 17.8 Å². The van der Waals surface area contributed by atoms with Crippen molar-refractivity contribution in [3.8, 4) is 0 Å². The smallest absolute Gasteiger partial charge is 0.310 e. The van der Waals surface area contributed by atoms with E-state index in [2.05, 4.69) is 0 Å². The van der Waals surface area contributed by atoms with Crippen LogP contribution in [-0.2, 0) is 19.1 Å². The molecule has 1 saturated heterocycles. The Morgan fingerprint density at radius 3 is 2.72 bits per heavy atom. The van der Waals surface area contributed by atoms with E-state index in [0.29, 0.717) is 32.8 Å². The molecule has 0 bridgehead atoms. The van der Waals surface area contributed by atoms with Gasteiger partial charge in [0.15, 0.2) is 0 Å². The SMILES string of the molecule is CCOCCC(=O)N1CCC[C@@H](C(=O)OCC)C1. The summed E-state index contributed by atoms with van der Waals surface area (Å²) in [6.07, 6.45) is 2.07. The summed E-state index contributed by atoms with van der Waals surface area (Å²) >= 11 is 0. The van der Waals surface area contributed by atoms with Gasteiger partial charge in [-0.2, -0.15) is 0 Å². The van der Waals surface area contributed by atoms with E-state index in [4.69, 9.17) is 9.47 Å². The van der Waals surface area contributed by atoms with Gasteiger partial charge >= 0.3 is 5.97 Å². The van der Waals surface area contributed by atoms with Gasteiger partial charge in [0.25, 0.3) is 0 Å². The lowest BCUT2D eigenvalue weighted by Crippen LogP contribution is -2.43. The molecular weight excluding hydrogens is 234 g/mol. The minimum atomic E-state index is -0.181. The van der Waals surface area contributed by atoms with Gasteiger partial charge in [-0.1, -0.05) is 0 Å². The van der Waals surface area contributed by atoms with Crippen molar-refractivity contribution >= 4 is 11.9 Å². The molecule has 1 amide bonds. The molecule has 18 heavy (non-hydrogen) atoms. The fraction of sp³-hybridized carbons (Fsp3) is 0.846. The van der Waals surface area contributed by atoms with Crippen molar-refractivity contribution in [1.82, 2.24) is 4.90 Å². The van der Waals surface area contributed by atoms with E-state index < -0.39 is 0 Å². The number of esters is 1. The molecule has 5 nitrogen and oxygen atoms in total. The molecule has 0 saturated carbocycles. The van der Waals surface area contributed by atoms with Crippen LogP contribution in [0.4, 0.5) is 0 Å². The van der Waals surface area contributed by atoms with E-state index in [1.54, 1.807) is 11.8 Å². The zero-order valence-electron chi connectivity index (χ0n) is 11.3. The Labute approximate surface area is 108 Å². The molecular formula is C13H23NO4. The van der Waals surface area contributed by atoms with Crippen LogP contribution in [-0.4, -0.2) is 49.7 Å². The lowest BCUT2D eigenvalue weighted by atomic mass is 9.98. The van der Waals surface area contributed by atoms with Crippen molar-refractivity contribution in [2.75, 3.05) is 32.9 Å². The lowest BCUT2D eigenvalue weighted by Gasteiger charge is -2.31.